The van der Waals surface area contributed by atoms with Gasteiger partial charge in [0.05, 0.1) is 11.7 Å². The molecule has 2 aliphatic carbocycles. The molecule has 0 aromatic rings. The van der Waals surface area contributed by atoms with E-state index >= 15 is 0 Å². The number of ether oxygens (including phenoxy) is 1. The second-order valence-electron chi connectivity index (χ2n) is 6.08. The van der Waals surface area contributed by atoms with Gasteiger partial charge in [0.25, 0.3) is 0 Å². The number of hydrogen-bond acceptors (Lipinski definition) is 2. The normalized spacial score (nSPS) is 35.6. The Morgan fingerprint density at radius 2 is 1.69 bits per heavy atom. The van der Waals surface area contributed by atoms with Gasteiger partial charge in [-0.15, -0.1) is 0 Å². The van der Waals surface area contributed by atoms with E-state index in [0.29, 0.717) is 6.10 Å². The van der Waals surface area contributed by atoms with Gasteiger partial charge >= 0.3 is 0 Å². The second-order valence-corrected chi connectivity index (χ2v) is 6.08. The van der Waals surface area contributed by atoms with E-state index in [4.69, 9.17) is 4.74 Å². The van der Waals surface area contributed by atoms with E-state index < -0.39 is 0 Å². The predicted molar refractivity (Wildman–Crippen MR) is 65.5 cm³/mol. The summed E-state index contributed by atoms with van der Waals surface area (Å²) in [6.07, 6.45) is 13.0. The van der Waals surface area contributed by atoms with Crippen molar-refractivity contribution in [2.45, 2.75) is 69.5 Å². The van der Waals surface area contributed by atoms with Crippen LogP contribution in [0.2, 0.25) is 0 Å². The summed E-state index contributed by atoms with van der Waals surface area (Å²) in [6, 6.07) is 0. The van der Waals surface area contributed by atoms with Crippen molar-refractivity contribution in [3.05, 3.63) is 0 Å². The van der Waals surface area contributed by atoms with Crippen molar-refractivity contribution in [2.24, 2.45) is 5.92 Å². The van der Waals surface area contributed by atoms with Crippen molar-refractivity contribution in [3.63, 3.8) is 0 Å². The van der Waals surface area contributed by atoms with E-state index in [9.17, 15) is 0 Å². The molecule has 2 saturated carbocycles. The van der Waals surface area contributed by atoms with Crippen LogP contribution in [0.4, 0.5) is 0 Å². The minimum absolute atomic E-state index is 0.236. The van der Waals surface area contributed by atoms with E-state index in [2.05, 4.69) is 5.32 Å². The molecular weight excluding hydrogens is 198 g/mol. The van der Waals surface area contributed by atoms with Crippen LogP contribution in [0.3, 0.4) is 0 Å². The third-order valence-corrected chi connectivity index (χ3v) is 4.88. The number of hydrogen-bond donors (Lipinski definition) is 1. The highest BCUT2D eigenvalue weighted by molar-refractivity contribution is 4.94. The Hall–Kier alpha value is -0.0800. The first kappa shape index (κ1) is 11.0. The van der Waals surface area contributed by atoms with Crippen LogP contribution in [0.25, 0.3) is 0 Å². The molecule has 92 valence electrons. The molecule has 0 radical (unpaired) electrons. The standard InChI is InChI=1S/C14H25NO/c1-2-6-12(7-3-1)13-10-15-11-14(16-13)8-4-5-9-14/h12-13,15H,1-11H2. The summed E-state index contributed by atoms with van der Waals surface area (Å²) >= 11 is 0. The Morgan fingerprint density at radius 1 is 0.938 bits per heavy atom. The molecule has 0 bridgehead atoms. The molecule has 2 heteroatoms. The van der Waals surface area contributed by atoms with Gasteiger partial charge in [0.1, 0.15) is 0 Å². The van der Waals surface area contributed by atoms with Crippen molar-refractivity contribution < 1.29 is 4.74 Å². The molecule has 2 nitrogen and oxygen atoms in total. The van der Waals surface area contributed by atoms with Gasteiger partial charge in [-0.2, -0.15) is 0 Å². The van der Waals surface area contributed by atoms with E-state index in [1.165, 1.54) is 57.8 Å². The Morgan fingerprint density at radius 3 is 2.44 bits per heavy atom. The van der Waals surface area contributed by atoms with Crippen LogP contribution in [0.15, 0.2) is 0 Å². The fourth-order valence-corrected chi connectivity index (χ4v) is 3.93. The van der Waals surface area contributed by atoms with Gasteiger partial charge in [-0.05, 0) is 31.6 Å². The summed E-state index contributed by atoms with van der Waals surface area (Å²) in [5.41, 5.74) is 0.236. The summed E-state index contributed by atoms with van der Waals surface area (Å²) < 4.78 is 6.51. The molecule has 3 aliphatic rings. The summed E-state index contributed by atoms with van der Waals surface area (Å²) in [6.45, 7) is 2.21. The zero-order valence-corrected chi connectivity index (χ0v) is 10.3. The minimum Gasteiger partial charge on any atom is -0.369 e. The highest BCUT2D eigenvalue weighted by Gasteiger charge is 2.41. The van der Waals surface area contributed by atoms with Crippen LogP contribution >= 0.6 is 0 Å². The summed E-state index contributed by atoms with van der Waals surface area (Å²) in [5.74, 6) is 0.846. The van der Waals surface area contributed by atoms with E-state index in [1.807, 2.05) is 0 Å². The maximum atomic E-state index is 6.51. The lowest BCUT2D eigenvalue weighted by Crippen LogP contribution is -2.54. The molecule has 1 saturated heterocycles. The van der Waals surface area contributed by atoms with Crippen molar-refractivity contribution in [2.75, 3.05) is 13.1 Å². The quantitative estimate of drug-likeness (QED) is 0.738. The van der Waals surface area contributed by atoms with E-state index in [-0.39, 0.29) is 5.60 Å². The molecule has 3 rings (SSSR count). The molecule has 1 atom stereocenters. The van der Waals surface area contributed by atoms with Gasteiger partial charge in [0.2, 0.25) is 0 Å². The highest BCUT2D eigenvalue weighted by atomic mass is 16.5. The average molecular weight is 223 g/mol. The van der Waals surface area contributed by atoms with Crippen LogP contribution in [-0.4, -0.2) is 24.8 Å². The lowest BCUT2D eigenvalue weighted by molar-refractivity contribution is -0.136. The number of morpholine rings is 1. The zero-order chi connectivity index (χ0) is 10.8. The van der Waals surface area contributed by atoms with Crippen LogP contribution < -0.4 is 5.32 Å². The molecule has 1 unspecified atom stereocenters. The number of nitrogens with one attached hydrogen (secondary N) is 1. The zero-order valence-electron chi connectivity index (χ0n) is 10.3. The van der Waals surface area contributed by atoms with Gasteiger partial charge in [-0.25, -0.2) is 0 Å². The Balaban J connectivity index is 1.62. The van der Waals surface area contributed by atoms with Crippen molar-refractivity contribution in [1.29, 1.82) is 0 Å². The molecule has 1 N–H and O–H groups in total. The fourth-order valence-electron chi connectivity index (χ4n) is 3.93. The molecule has 0 amide bonds. The first-order valence-electron chi connectivity index (χ1n) is 7.27. The predicted octanol–water partition coefficient (Wildman–Crippen LogP) is 2.87. The first-order valence-corrected chi connectivity index (χ1v) is 7.27. The van der Waals surface area contributed by atoms with Crippen LogP contribution in [0, 0.1) is 5.92 Å². The minimum atomic E-state index is 0.236. The SMILES string of the molecule is C1CCC(C2CNCC3(CCCC3)O2)CC1. The average Bonchev–Trinajstić information content (AvgIpc) is 2.78. The van der Waals surface area contributed by atoms with Crippen molar-refractivity contribution in [3.8, 4) is 0 Å². The molecule has 0 aromatic heterocycles. The van der Waals surface area contributed by atoms with Crippen molar-refractivity contribution in [1.82, 2.24) is 5.32 Å². The maximum Gasteiger partial charge on any atom is 0.0810 e. The Bertz CT molecular complexity index is 229. The molecular formula is C14H25NO. The molecule has 0 aromatic carbocycles. The van der Waals surface area contributed by atoms with Gasteiger partial charge < -0.3 is 10.1 Å². The monoisotopic (exact) mass is 223 g/mol. The topological polar surface area (TPSA) is 21.3 Å². The van der Waals surface area contributed by atoms with E-state index in [1.54, 1.807) is 0 Å². The smallest absolute Gasteiger partial charge is 0.0810 e. The lowest BCUT2D eigenvalue weighted by atomic mass is 9.83. The van der Waals surface area contributed by atoms with Gasteiger partial charge in [-0.3, -0.25) is 0 Å². The lowest BCUT2D eigenvalue weighted by Gasteiger charge is -2.43. The van der Waals surface area contributed by atoms with Crippen LogP contribution in [0.1, 0.15) is 57.8 Å². The third-order valence-electron chi connectivity index (χ3n) is 4.88. The van der Waals surface area contributed by atoms with Crippen molar-refractivity contribution >= 4 is 0 Å². The molecule has 1 spiro atoms. The summed E-state index contributed by atoms with van der Waals surface area (Å²) in [4.78, 5) is 0. The number of rotatable bonds is 1. The fraction of sp³-hybridized carbons (Fsp3) is 1.00. The van der Waals surface area contributed by atoms with Crippen LogP contribution in [0.5, 0.6) is 0 Å². The largest absolute Gasteiger partial charge is 0.369 e. The summed E-state index contributed by atoms with van der Waals surface area (Å²) in [5, 5.41) is 3.64. The Kier molecular flexibility index (Phi) is 3.21. The molecule has 16 heavy (non-hydrogen) atoms. The Labute approximate surface area is 99.1 Å². The second kappa shape index (κ2) is 4.66. The van der Waals surface area contributed by atoms with Gasteiger partial charge in [0, 0.05) is 13.1 Å². The van der Waals surface area contributed by atoms with Crippen LogP contribution in [-0.2, 0) is 4.74 Å². The summed E-state index contributed by atoms with van der Waals surface area (Å²) in [7, 11) is 0. The molecule has 1 aliphatic heterocycles. The van der Waals surface area contributed by atoms with Gasteiger partial charge in [-0.1, -0.05) is 32.1 Å². The van der Waals surface area contributed by atoms with Gasteiger partial charge in [0.15, 0.2) is 0 Å². The van der Waals surface area contributed by atoms with E-state index in [0.717, 1.165) is 19.0 Å². The highest BCUT2D eigenvalue weighted by Crippen LogP contribution is 2.38. The third kappa shape index (κ3) is 2.14. The first-order chi connectivity index (χ1) is 7.88. The maximum absolute atomic E-state index is 6.51. The molecule has 1 heterocycles. The molecule has 3 fully saturated rings.